The Morgan fingerprint density at radius 2 is 1.91 bits per heavy atom. The zero-order chi connectivity index (χ0) is 22.3. The lowest BCUT2D eigenvalue weighted by Gasteiger charge is -2.39. The van der Waals surface area contributed by atoms with E-state index >= 15 is 0 Å². The molecule has 4 N–H and O–H groups in total. The van der Waals surface area contributed by atoms with Gasteiger partial charge in [0.05, 0.1) is 18.8 Å². The smallest absolute Gasteiger partial charge is 0.410 e. The standard InChI is InChI=1S/C22H40N6O4/c1-22(2,3)31-21(29)27-7-4-14(5-8-27)19-25-20(32-26-19)15-10-18-17(23-11-15)12-24-28(18)16-6-9-30-13-16/h14-20,23-26H,4-13H2,1-3H3. The summed E-state index contributed by atoms with van der Waals surface area (Å²) in [5, 5.41) is 9.89. The topological polar surface area (TPSA) is 99.4 Å². The molecule has 10 heteroatoms. The predicted molar refractivity (Wildman–Crippen MR) is 118 cm³/mol. The van der Waals surface area contributed by atoms with Gasteiger partial charge < -0.3 is 19.7 Å². The molecule has 0 aromatic heterocycles. The summed E-state index contributed by atoms with van der Waals surface area (Å²) in [4.78, 5) is 20.2. The summed E-state index contributed by atoms with van der Waals surface area (Å²) in [6.07, 6.45) is 4.00. The summed E-state index contributed by atoms with van der Waals surface area (Å²) in [7, 11) is 0. The first-order valence-corrected chi connectivity index (χ1v) is 12.4. The highest BCUT2D eigenvalue weighted by Gasteiger charge is 2.46. The molecule has 0 bridgehead atoms. The molecule has 182 valence electrons. The number of nitrogens with zero attached hydrogens (tertiary/aromatic N) is 2. The fraction of sp³-hybridized carbons (Fsp3) is 0.955. The van der Waals surface area contributed by atoms with Gasteiger partial charge in [0.1, 0.15) is 11.8 Å². The van der Waals surface area contributed by atoms with Crippen LogP contribution in [0.15, 0.2) is 0 Å². The molecular weight excluding hydrogens is 412 g/mol. The van der Waals surface area contributed by atoms with E-state index in [0.717, 1.165) is 65.1 Å². The molecule has 1 amide bonds. The molecule has 0 radical (unpaired) electrons. The molecule has 0 saturated carbocycles. The lowest BCUT2D eigenvalue weighted by molar-refractivity contribution is -0.0341. The van der Waals surface area contributed by atoms with Crippen LogP contribution in [0.2, 0.25) is 0 Å². The first-order valence-electron chi connectivity index (χ1n) is 12.4. The highest BCUT2D eigenvalue weighted by Crippen LogP contribution is 2.31. The van der Waals surface area contributed by atoms with Crippen LogP contribution in [0.4, 0.5) is 4.79 Å². The van der Waals surface area contributed by atoms with Crippen molar-refractivity contribution in [2.24, 2.45) is 11.8 Å². The fourth-order valence-electron chi connectivity index (χ4n) is 5.80. The van der Waals surface area contributed by atoms with Crippen molar-refractivity contribution in [2.45, 2.75) is 82.6 Å². The highest BCUT2D eigenvalue weighted by atomic mass is 16.7. The quantitative estimate of drug-likeness (QED) is 0.484. The van der Waals surface area contributed by atoms with Crippen molar-refractivity contribution in [1.82, 2.24) is 31.4 Å². The van der Waals surface area contributed by atoms with E-state index < -0.39 is 5.60 Å². The number of hydrogen-bond donors (Lipinski definition) is 4. The van der Waals surface area contributed by atoms with Gasteiger partial charge >= 0.3 is 6.09 Å². The van der Waals surface area contributed by atoms with Crippen LogP contribution in [0.1, 0.15) is 46.5 Å². The zero-order valence-electron chi connectivity index (χ0n) is 19.6. The predicted octanol–water partition coefficient (Wildman–Crippen LogP) is 0.366. The maximum atomic E-state index is 12.3. The average molecular weight is 453 g/mol. The van der Waals surface area contributed by atoms with Gasteiger partial charge in [-0.05, 0) is 52.4 Å². The summed E-state index contributed by atoms with van der Waals surface area (Å²) in [5.74, 6) is 0.837. The third kappa shape index (κ3) is 4.91. The number of ether oxygens (including phenoxy) is 2. The Labute approximate surface area is 191 Å². The molecular formula is C22H40N6O4. The minimum absolute atomic E-state index is 0.000358. The van der Waals surface area contributed by atoms with Crippen LogP contribution in [0, 0.1) is 11.8 Å². The van der Waals surface area contributed by atoms with E-state index in [4.69, 9.17) is 14.3 Å². The van der Waals surface area contributed by atoms with Crippen LogP contribution < -0.4 is 21.5 Å². The summed E-state index contributed by atoms with van der Waals surface area (Å²) in [5.41, 5.74) is 6.42. The van der Waals surface area contributed by atoms with Crippen LogP contribution in [-0.2, 0) is 14.3 Å². The summed E-state index contributed by atoms with van der Waals surface area (Å²) < 4.78 is 11.1. The van der Waals surface area contributed by atoms with Crippen LogP contribution in [-0.4, -0.2) is 91.5 Å². The van der Waals surface area contributed by atoms with Crippen molar-refractivity contribution in [3.63, 3.8) is 0 Å². The minimum atomic E-state index is -0.453. The van der Waals surface area contributed by atoms with Crippen LogP contribution in [0.5, 0.6) is 0 Å². The van der Waals surface area contributed by atoms with Gasteiger partial charge in [0, 0.05) is 50.8 Å². The number of amides is 1. The Bertz CT molecular complexity index is 661. The van der Waals surface area contributed by atoms with E-state index in [1.807, 2.05) is 25.7 Å². The van der Waals surface area contributed by atoms with Crippen molar-refractivity contribution in [3.05, 3.63) is 0 Å². The third-order valence-electron chi connectivity index (χ3n) is 7.56. The van der Waals surface area contributed by atoms with E-state index in [9.17, 15) is 4.79 Å². The molecule has 0 aliphatic carbocycles. The number of nitrogens with one attached hydrogen (secondary N) is 4. The molecule has 32 heavy (non-hydrogen) atoms. The average Bonchev–Trinajstić information content (AvgIpc) is 3.52. The third-order valence-corrected chi connectivity index (χ3v) is 7.56. The van der Waals surface area contributed by atoms with Gasteiger partial charge in [-0.15, -0.1) is 0 Å². The molecule has 10 nitrogen and oxygen atoms in total. The normalized spacial score (nSPS) is 39.4. The zero-order valence-corrected chi connectivity index (χ0v) is 19.6. The number of rotatable bonds is 3. The number of carbonyl (C=O) groups excluding carboxylic acids is 1. The van der Waals surface area contributed by atoms with Gasteiger partial charge in [-0.2, -0.15) is 5.48 Å². The van der Waals surface area contributed by atoms with Crippen molar-refractivity contribution >= 4 is 6.09 Å². The first kappa shape index (κ1) is 22.8. The largest absolute Gasteiger partial charge is 0.444 e. The van der Waals surface area contributed by atoms with Gasteiger partial charge in [-0.25, -0.2) is 9.80 Å². The van der Waals surface area contributed by atoms with Gasteiger partial charge in [0.2, 0.25) is 0 Å². The fourth-order valence-corrected chi connectivity index (χ4v) is 5.80. The van der Waals surface area contributed by atoms with E-state index in [1.54, 1.807) is 0 Å². The molecule has 5 rings (SSSR count). The molecule has 5 heterocycles. The number of hydrogen-bond acceptors (Lipinski definition) is 9. The van der Waals surface area contributed by atoms with Gasteiger partial charge in [0.15, 0.2) is 0 Å². The second kappa shape index (κ2) is 9.32. The van der Waals surface area contributed by atoms with E-state index in [0.29, 0.717) is 30.0 Å². The molecule has 5 fully saturated rings. The molecule has 0 aromatic rings. The van der Waals surface area contributed by atoms with Crippen molar-refractivity contribution in [1.29, 1.82) is 0 Å². The molecule has 6 atom stereocenters. The molecule has 6 unspecified atom stereocenters. The number of fused-ring (bicyclic) bond motifs is 1. The highest BCUT2D eigenvalue weighted by molar-refractivity contribution is 5.68. The van der Waals surface area contributed by atoms with Gasteiger partial charge in [-0.1, -0.05) is 0 Å². The Balaban J connectivity index is 1.10. The number of likely N-dealkylation sites (tertiary alicyclic amines) is 1. The maximum absolute atomic E-state index is 12.3. The maximum Gasteiger partial charge on any atom is 0.410 e. The summed E-state index contributed by atoms with van der Waals surface area (Å²) in [6, 6.07) is 1.44. The van der Waals surface area contributed by atoms with Crippen LogP contribution >= 0.6 is 0 Å². The monoisotopic (exact) mass is 452 g/mol. The lowest BCUT2D eigenvalue weighted by atomic mass is 9.88. The molecule has 5 saturated heterocycles. The Morgan fingerprint density at radius 1 is 1.09 bits per heavy atom. The van der Waals surface area contributed by atoms with Crippen molar-refractivity contribution in [3.8, 4) is 0 Å². The van der Waals surface area contributed by atoms with E-state index in [1.165, 1.54) is 0 Å². The Morgan fingerprint density at radius 3 is 2.62 bits per heavy atom. The number of piperidine rings is 2. The van der Waals surface area contributed by atoms with E-state index in [-0.39, 0.29) is 18.5 Å². The summed E-state index contributed by atoms with van der Waals surface area (Å²) in [6.45, 7) is 10.8. The number of carbonyl (C=O) groups is 1. The number of hydroxylamine groups is 1. The van der Waals surface area contributed by atoms with Crippen LogP contribution in [0.3, 0.4) is 0 Å². The van der Waals surface area contributed by atoms with Crippen molar-refractivity contribution < 1.29 is 19.1 Å². The lowest BCUT2D eigenvalue weighted by Crippen LogP contribution is -2.57. The second-order valence-corrected chi connectivity index (χ2v) is 11.0. The summed E-state index contributed by atoms with van der Waals surface area (Å²) >= 11 is 0. The minimum Gasteiger partial charge on any atom is -0.444 e. The van der Waals surface area contributed by atoms with Gasteiger partial charge in [0.25, 0.3) is 0 Å². The molecule has 5 aliphatic rings. The molecule has 5 aliphatic heterocycles. The SMILES string of the molecule is CC(C)(C)OC(=O)N1CCC(C2NOC(C3CNC4CNN(C5CCOC5)C4C3)N2)CC1. The molecule has 0 aromatic carbocycles. The number of hydrazine groups is 1. The molecule has 0 spiro atoms. The Hall–Kier alpha value is -1.01. The first-order chi connectivity index (χ1) is 15.4. The van der Waals surface area contributed by atoms with Crippen LogP contribution in [0.25, 0.3) is 0 Å². The van der Waals surface area contributed by atoms with Gasteiger partial charge in [-0.3, -0.25) is 15.6 Å². The second-order valence-electron chi connectivity index (χ2n) is 11.0. The van der Waals surface area contributed by atoms with Crippen molar-refractivity contribution in [2.75, 3.05) is 39.4 Å². The van der Waals surface area contributed by atoms with E-state index in [2.05, 4.69) is 26.5 Å². The Kier molecular flexibility index (Phi) is 6.63.